The molecule has 0 heterocycles. The summed E-state index contributed by atoms with van der Waals surface area (Å²) in [6, 6.07) is 16.6. The van der Waals surface area contributed by atoms with Crippen LogP contribution < -0.4 is 16.0 Å². The SMILES string of the molecule is CC(C)CC(=O)NC(=S)Nc1ccc(C(=O)NC(C)c2ccccc2)cc1. The molecule has 2 amide bonds. The minimum absolute atomic E-state index is 0.0831. The third kappa shape index (κ3) is 6.83. The Bertz CT molecular complexity index is 789. The first-order chi connectivity index (χ1) is 12.8. The van der Waals surface area contributed by atoms with Crippen molar-refractivity contribution in [2.75, 3.05) is 5.32 Å². The van der Waals surface area contributed by atoms with Crippen LogP contribution in [0, 0.1) is 5.92 Å². The summed E-state index contributed by atoms with van der Waals surface area (Å²) in [4.78, 5) is 24.1. The molecule has 2 aromatic rings. The van der Waals surface area contributed by atoms with E-state index in [1.54, 1.807) is 24.3 Å². The van der Waals surface area contributed by atoms with Crippen molar-refractivity contribution in [2.24, 2.45) is 5.92 Å². The lowest BCUT2D eigenvalue weighted by Gasteiger charge is -2.15. The van der Waals surface area contributed by atoms with Gasteiger partial charge in [-0.25, -0.2) is 0 Å². The maximum atomic E-state index is 12.4. The smallest absolute Gasteiger partial charge is 0.251 e. The maximum Gasteiger partial charge on any atom is 0.251 e. The van der Waals surface area contributed by atoms with Gasteiger partial charge >= 0.3 is 0 Å². The van der Waals surface area contributed by atoms with Crippen molar-refractivity contribution < 1.29 is 9.59 Å². The van der Waals surface area contributed by atoms with E-state index >= 15 is 0 Å². The van der Waals surface area contributed by atoms with Crippen molar-refractivity contribution in [3.8, 4) is 0 Å². The highest BCUT2D eigenvalue weighted by atomic mass is 32.1. The van der Waals surface area contributed by atoms with Gasteiger partial charge in [0.25, 0.3) is 5.91 Å². The normalized spacial score (nSPS) is 11.6. The number of carbonyl (C=O) groups is 2. The Hall–Kier alpha value is -2.73. The molecule has 0 radical (unpaired) electrons. The molecular formula is C21H25N3O2S. The minimum Gasteiger partial charge on any atom is -0.346 e. The zero-order valence-electron chi connectivity index (χ0n) is 15.8. The third-order valence-electron chi connectivity index (χ3n) is 3.90. The van der Waals surface area contributed by atoms with Crippen LogP contribution in [0.4, 0.5) is 5.69 Å². The molecule has 0 aliphatic rings. The summed E-state index contributed by atoms with van der Waals surface area (Å²) in [5.41, 5.74) is 2.31. The predicted octanol–water partition coefficient (Wildman–Crippen LogP) is 4.04. The average molecular weight is 384 g/mol. The topological polar surface area (TPSA) is 70.2 Å². The maximum absolute atomic E-state index is 12.4. The van der Waals surface area contributed by atoms with Crippen LogP contribution in [0.2, 0.25) is 0 Å². The van der Waals surface area contributed by atoms with Crippen molar-refractivity contribution in [2.45, 2.75) is 33.2 Å². The Kier molecular flexibility index (Phi) is 7.49. The first-order valence-electron chi connectivity index (χ1n) is 8.92. The molecule has 0 bridgehead atoms. The summed E-state index contributed by atoms with van der Waals surface area (Å²) in [7, 11) is 0. The number of hydrogen-bond acceptors (Lipinski definition) is 3. The number of amides is 2. The predicted molar refractivity (Wildman–Crippen MR) is 113 cm³/mol. The van der Waals surface area contributed by atoms with Crippen LogP contribution >= 0.6 is 12.2 Å². The number of carbonyl (C=O) groups excluding carboxylic acids is 2. The molecule has 2 aromatic carbocycles. The summed E-state index contributed by atoms with van der Waals surface area (Å²) in [5, 5.41) is 8.81. The molecule has 0 aliphatic carbocycles. The summed E-state index contributed by atoms with van der Waals surface area (Å²) in [6.07, 6.45) is 0.417. The Morgan fingerprint density at radius 3 is 2.19 bits per heavy atom. The fourth-order valence-electron chi connectivity index (χ4n) is 2.52. The molecule has 0 aromatic heterocycles. The molecule has 5 nitrogen and oxygen atoms in total. The molecule has 142 valence electrons. The van der Waals surface area contributed by atoms with Gasteiger partial charge in [0.05, 0.1) is 6.04 Å². The quantitative estimate of drug-likeness (QED) is 0.659. The number of rotatable bonds is 6. The van der Waals surface area contributed by atoms with E-state index in [1.165, 1.54) is 0 Å². The number of thiocarbonyl (C=S) groups is 1. The van der Waals surface area contributed by atoms with E-state index in [-0.39, 0.29) is 28.9 Å². The molecule has 0 saturated heterocycles. The van der Waals surface area contributed by atoms with E-state index < -0.39 is 0 Å². The van der Waals surface area contributed by atoms with Gasteiger partial charge in [-0.3, -0.25) is 9.59 Å². The van der Waals surface area contributed by atoms with E-state index in [1.807, 2.05) is 51.1 Å². The van der Waals surface area contributed by atoms with Gasteiger partial charge in [-0.15, -0.1) is 0 Å². The van der Waals surface area contributed by atoms with Gasteiger partial charge in [-0.2, -0.15) is 0 Å². The van der Waals surface area contributed by atoms with Gasteiger partial charge in [-0.05, 0) is 54.9 Å². The van der Waals surface area contributed by atoms with Gasteiger partial charge in [0.1, 0.15) is 0 Å². The standard InChI is InChI=1S/C21H25N3O2S/c1-14(2)13-19(25)24-21(27)23-18-11-9-17(10-12-18)20(26)22-15(3)16-7-5-4-6-8-16/h4-12,14-15H,13H2,1-3H3,(H,22,26)(H2,23,24,25,27). The van der Waals surface area contributed by atoms with Crippen LogP contribution in [0.1, 0.15) is 49.2 Å². The molecule has 0 fully saturated rings. The van der Waals surface area contributed by atoms with E-state index in [0.29, 0.717) is 17.7 Å². The molecule has 27 heavy (non-hydrogen) atoms. The van der Waals surface area contributed by atoms with Gasteiger partial charge in [0.2, 0.25) is 5.91 Å². The van der Waals surface area contributed by atoms with Gasteiger partial charge < -0.3 is 16.0 Å². The number of nitrogens with one attached hydrogen (secondary N) is 3. The van der Waals surface area contributed by atoms with Crippen molar-refractivity contribution in [3.63, 3.8) is 0 Å². The highest BCUT2D eigenvalue weighted by Crippen LogP contribution is 2.14. The lowest BCUT2D eigenvalue weighted by Crippen LogP contribution is -2.34. The summed E-state index contributed by atoms with van der Waals surface area (Å²) in [5.74, 6) is 0.00277. The molecule has 0 spiro atoms. The van der Waals surface area contributed by atoms with E-state index in [4.69, 9.17) is 12.2 Å². The Balaban J connectivity index is 1.89. The monoisotopic (exact) mass is 383 g/mol. The van der Waals surface area contributed by atoms with E-state index in [9.17, 15) is 9.59 Å². The number of benzene rings is 2. The van der Waals surface area contributed by atoms with Crippen LogP contribution in [0.15, 0.2) is 54.6 Å². The zero-order chi connectivity index (χ0) is 19.8. The summed E-state index contributed by atoms with van der Waals surface area (Å²) >= 11 is 5.14. The van der Waals surface area contributed by atoms with Crippen LogP contribution in [0.25, 0.3) is 0 Å². The molecule has 0 aliphatic heterocycles. The van der Waals surface area contributed by atoms with Crippen molar-refractivity contribution in [1.29, 1.82) is 0 Å². The van der Waals surface area contributed by atoms with Crippen LogP contribution in [-0.4, -0.2) is 16.9 Å². The third-order valence-corrected chi connectivity index (χ3v) is 4.10. The van der Waals surface area contributed by atoms with Gasteiger partial charge in [-0.1, -0.05) is 44.2 Å². The Morgan fingerprint density at radius 1 is 0.963 bits per heavy atom. The lowest BCUT2D eigenvalue weighted by molar-refractivity contribution is -0.120. The van der Waals surface area contributed by atoms with Crippen molar-refractivity contribution in [3.05, 3.63) is 65.7 Å². The van der Waals surface area contributed by atoms with Gasteiger partial charge in [0.15, 0.2) is 5.11 Å². The van der Waals surface area contributed by atoms with Crippen LogP contribution in [-0.2, 0) is 4.79 Å². The number of hydrogen-bond donors (Lipinski definition) is 3. The highest BCUT2D eigenvalue weighted by Gasteiger charge is 2.12. The van der Waals surface area contributed by atoms with E-state index in [0.717, 1.165) is 5.56 Å². The number of anilines is 1. The first-order valence-corrected chi connectivity index (χ1v) is 9.32. The van der Waals surface area contributed by atoms with Crippen molar-refractivity contribution >= 4 is 34.8 Å². The fraction of sp³-hybridized carbons (Fsp3) is 0.286. The van der Waals surface area contributed by atoms with Crippen molar-refractivity contribution in [1.82, 2.24) is 10.6 Å². The molecule has 1 unspecified atom stereocenters. The Morgan fingerprint density at radius 2 is 1.59 bits per heavy atom. The lowest BCUT2D eigenvalue weighted by atomic mass is 10.1. The van der Waals surface area contributed by atoms with Crippen LogP contribution in [0.5, 0.6) is 0 Å². The van der Waals surface area contributed by atoms with E-state index in [2.05, 4.69) is 16.0 Å². The zero-order valence-corrected chi connectivity index (χ0v) is 16.6. The van der Waals surface area contributed by atoms with Gasteiger partial charge in [0, 0.05) is 17.7 Å². The average Bonchev–Trinajstić information content (AvgIpc) is 2.62. The molecule has 3 N–H and O–H groups in total. The second-order valence-electron chi connectivity index (χ2n) is 6.78. The Labute approximate surface area is 165 Å². The molecule has 2 rings (SSSR count). The molecule has 6 heteroatoms. The largest absolute Gasteiger partial charge is 0.346 e. The minimum atomic E-state index is -0.147. The van der Waals surface area contributed by atoms with Crippen LogP contribution in [0.3, 0.4) is 0 Å². The molecule has 0 saturated carbocycles. The fourth-order valence-corrected chi connectivity index (χ4v) is 2.75. The molecule has 1 atom stereocenters. The second kappa shape index (κ2) is 9.83. The molecular weight excluding hydrogens is 358 g/mol. The highest BCUT2D eigenvalue weighted by molar-refractivity contribution is 7.80. The first kappa shape index (κ1) is 20.6. The second-order valence-corrected chi connectivity index (χ2v) is 7.19. The summed E-state index contributed by atoms with van der Waals surface area (Å²) < 4.78 is 0. The summed E-state index contributed by atoms with van der Waals surface area (Å²) in [6.45, 7) is 5.89.